The van der Waals surface area contributed by atoms with Crippen molar-refractivity contribution in [3.05, 3.63) is 54.4 Å². The SMILES string of the molecule is O=CC1CNCCN1c1cc(F)cc(Cn2ncc3cnc(Nc4cnn(CCO)c4)nc32)c1. The standard InChI is InChI=1S/C22H24FN9O2/c23-17-5-15(6-19(7-17)31-2-1-24-11-20(31)14-34)12-32-21-16(9-27-32)8-25-22(29-21)28-18-10-26-30(13-18)3-4-33/h5-10,13-14,20,24,33H,1-4,11-12H2,(H,25,28,29). The molecule has 0 saturated carbocycles. The lowest BCUT2D eigenvalue weighted by atomic mass is 10.1. The lowest BCUT2D eigenvalue weighted by Crippen LogP contribution is -2.52. The van der Waals surface area contributed by atoms with Crippen LogP contribution in [0.5, 0.6) is 0 Å². The quantitative estimate of drug-likeness (QED) is 0.326. The topological polar surface area (TPSA) is 126 Å². The van der Waals surface area contributed by atoms with Crippen molar-refractivity contribution < 1.29 is 14.3 Å². The summed E-state index contributed by atoms with van der Waals surface area (Å²) in [5.41, 5.74) is 2.66. The molecule has 4 aromatic rings. The van der Waals surface area contributed by atoms with Gasteiger partial charge in [0.05, 0.1) is 49.2 Å². The van der Waals surface area contributed by atoms with Gasteiger partial charge in [-0.05, 0) is 23.8 Å². The Morgan fingerprint density at radius 1 is 1.24 bits per heavy atom. The van der Waals surface area contributed by atoms with Crippen LogP contribution in [0.4, 0.5) is 21.7 Å². The summed E-state index contributed by atoms with van der Waals surface area (Å²) in [7, 11) is 0. The van der Waals surface area contributed by atoms with Gasteiger partial charge in [-0.25, -0.2) is 14.1 Å². The van der Waals surface area contributed by atoms with Crippen LogP contribution in [0.15, 0.2) is 43.0 Å². The molecule has 3 N–H and O–H groups in total. The summed E-state index contributed by atoms with van der Waals surface area (Å²) in [6.07, 6.45) is 7.59. The molecule has 0 bridgehead atoms. The number of fused-ring (bicyclic) bond motifs is 1. The highest BCUT2D eigenvalue weighted by Gasteiger charge is 2.22. The Balaban J connectivity index is 1.39. The molecule has 1 unspecified atom stereocenters. The van der Waals surface area contributed by atoms with Crippen molar-refractivity contribution >= 4 is 34.6 Å². The maximum Gasteiger partial charge on any atom is 0.229 e. The molecule has 1 aromatic carbocycles. The average molecular weight is 465 g/mol. The van der Waals surface area contributed by atoms with E-state index in [1.54, 1.807) is 34.2 Å². The van der Waals surface area contributed by atoms with Crippen LogP contribution in [0.25, 0.3) is 11.0 Å². The number of benzene rings is 1. The fraction of sp³-hybridized carbons (Fsp3) is 0.318. The van der Waals surface area contributed by atoms with Gasteiger partial charge in [0.1, 0.15) is 12.1 Å². The van der Waals surface area contributed by atoms with E-state index in [1.165, 1.54) is 12.1 Å². The molecule has 1 saturated heterocycles. The molecule has 1 atom stereocenters. The van der Waals surface area contributed by atoms with Crippen molar-refractivity contribution in [1.29, 1.82) is 0 Å². The highest BCUT2D eigenvalue weighted by atomic mass is 19.1. The van der Waals surface area contributed by atoms with E-state index in [0.29, 0.717) is 54.7 Å². The largest absolute Gasteiger partial charge is 0.394 e. The van der Waals surface area contributed by atoms with Gasteiger partial charge in [0, 0.05) is 37.7 Å². The average Bonchev–Trinajstić information content (AvgIpc) is 3.45. The lowest BCUT2D eigenvalue weighted by molar-refractivity contribution is -0.109. The normalized spacial score (nSPS) is 16.2. The van der Waals surface area contributed by atoms with E-state index in [-0.39, 0.29) is 18.5 Å². The molecule has 5 rings (SSSR count). The van der Waals surface area contributed by atoms with Crippen LogP contribution < -0.4 is 15.5 Å². The molecular formula is C22H24FN9O2. The number of aliphatic hydroxyl groups is 1. The smallest absolute Gasteiger partial charge is 0.229 e. The molecule has 0 radical (unpaired) electrons. The van der Waals surface area contributed by atoms with Crippen LogP contribution in [0.3, 0.4) is 0 Å². The Hall–Kier alpha value is -3.90. The van der Waals surface area contributed by atoms with E-state index in [1.807, 2.05) is 11.0 Å². The summed E-state index contributed by atoms with van der Waals surface area (Å²) in [5, 5.41) is 24.6. The van der Waals surface area contributed by atoms with Crippen LogP contribution in [-0.2, 0) is 17.9 Å². The first kappa shape index (κ1) is 21.9. The number of hydrogen-bond acceptors (Lipinski definition) is 9. The second-order valence-corrected chi connectivity index (χ2v) is 8.03. The molecule has 3 aromatic heterocycles. The predicted octanol–water partition coefficient (Wildman–Crippen LogP) is 0.923. The minimum absolute atomic E-state index is 0.00495. The monoisotopic (exact) mass is 465 g/mol. The molecule has 4 heterocycles. The third-order valence-corrected chi connectivity index (χ3v) is 5.64. The Morgan fingerprint density at radius 2 is 2.15 bits per heavy atom. The minimum Gasteiger partial charge on any atom is -0.394 e. The van der Waals surface area contributed by atoms with E-state index < -0.39 is 0 Å². The van der Waals surface area contributed by atoms with Crippen LogP contribution >= 0.6 is 0 Å². The highest BCUT2D eigenvalue weighted by molar-refractivity contribution is 5.75. The third-order valence-electron chi connectivity index (χ3n) is 5.64. The number of aromatic nitrogens is 6. The molecule has 1 aliphatic rings. The zero-order chi connectivity index (χ0) is 23.5. The number of aliphatic hydroxyl groups excluding tert-OH is 1. The first-order chi connectivity index (χ1) is 16.6. The van der Waals surface area contributed by atoms with Crippen LogP contribution in [0, 0.1) is 5.82 Å². The number of hydrogen-bond donors (Lipinski definition) is 3. The molecule has 1 aliphatic heterocycles. The maximum atomic E-state index is 14.5. The number of halogens is 1. The minimum atomic E-state index is -0.371. The number of anilines is 3. The Kier molecular flexibility index (Phi) is 6.14. The second kappa shape index (κ2) is 9.53. The van der Waals surface area contributed by atoms with Crippen molar-refractivity contribution in [2.45, 2.75) is 19.1 Å². The molecule has 34 heavy (non-hydrogen) atoms. The molecule has 11 nitrogen and oxygen atoms in total. The summed E-state index contributed by atoms with van der Waals surface area (Å²) in [4.78, 5) is 22.3. The van der Waals surface area contributed by atoms with Crippen molar-refractivity contribution in [1.82, 2.24) is 34.8 Å². The Morgan fingerprint density at radius 3 is 3.00 bits per heavy atom. The number of nitrogens with zero attached hydrogens (tertiary/aromatic N) is 7. The van der Waals surface area contributed by atoms with Gasteiger partial charge in [-0.3, -0.25) is 4.68 Å². The van der Waals surface area contributed by atoms with Gasteiger partial charge in [0.2, 0.25) is 5.95 Å². The van der Waals surface area contributed by atoms with Crippen LogP contribution in [0.1, 0.15) is 5.56 Å². The molecule has 0 aliphatic carbocycles. The van der Waals surface area contributed by atoms with E-state index in [2.05, 4.69) is 30.8 Å². The summed E-state index contributed by atoms with van der Waals surface area (Å²) in [5.74, 6) is -0.00335. The van der Waals surface area contributed by atoms with Gasteiger partial charge in [-0.15, -0.1) is 0 Å². The maximum absolute atomic E-state index is 14.5. The fourth-order valence-electron chi connectivity index (χ4n) is 4.06. The van der Waals surface area contributed by atoms with Crippen LogP contribution in [-0.4, -0.2) is 73.2 Å². The lowest BCUT2D eigenvalue weighted by Gasteiger charge is -2.35. The first-order valence-corrected chi connectivity index (χ1v) is 10.9. The summed E-state index contributed by atoms with van der Waals surface area (Å²) >= 11 is 0. The number of nitrogens with one attached hydrogen (secondary N) is 2. The third kappa shape index (κ3) is 4.58. The summed E-state index contributed by atoms with van der Waals surface area (Å²) in [6.45, 7) is 2.57. The summed E-state index contributed by atoms with van der Waals surface area (Å²) in [6, 6.07) is 4.46. The summed E-state index contributed by atoms with van der Waals surface area (Å²) < 4.78 is 17.8. The Bertz CT molecular complexity index is 1300. The van der Waals surface area contributed by atoms with Crippen molar-refractivity contribution in [3.63, 3.8) is 0 Å². The number of piperazine rings is 1. The molecule has 1 fully saturated rings. The fourth-order valence-corrected chi connectivity index (χ4v) is 4.06. The van der Waals surface area contributed by atoms with Gasteiger partial charge >= 0.3 is 0 Å². The van der Waals surface area contributed by atoms with Gasteiger partial charge in [0.15, 0.2) is 5.65 Å². The van der Waals surface area contributed by atoms with Gasteiger partial charge in [-0.2, -0.15) is 15.2 Å². The van der Waals surface area contributed by atoms with E-state index >= 15 is 0 Å². The number of carbonyl (C=O) groups excluding carboxylic acids is 1. The zero-order valence-corrected chi connectivity index (χ0v) is 18.3. The molecule has 12 heteroatoms. The molecule has 176 valence electrons. The van der Waals surface area contributed by atoms with Gasteiger partial charge in [0.25, 0.3) is 0 Å². The van der Waals surface area contributed by atoms with E-state index in [4.69, 9.17) is 5.11 Å². The van der Waals surface area contributed by atoms with Crippen molar-refractivity contribution in [2.75, 3.05) is 36.5 Å². The van der Waals surface area contributed by atoms with Crippen molar-refractivity contribution in [3.8, 4) is 0 Å². The zero-order valence-electron chi connectivity index (χ0n) is 18.3. The predicted molar refractivity (Wildman–Crippen MR) is 123 cm³/mol. The number of carbonyl (C=O) groups is 1. The first-order valence-electron chi connectivity index (χ1n) is 10.9. The van der Waals surface area contributed by atoms with Gasteiger partial charge in [-0.1, -0.05) is 0 Å². The number of aldehydes is 1. The molecule has 0 amide bonds. The Labute approximate surface area is 194 Å². The van der Waals surface area contributed by atoms with Gasteiger partial charge < -0.3 is 25.4 Å². The second-order valence-electron chi connectivity index (χ2n) is 8.03. The highest BCUT2D eigenvalue weighted by Crippen LogP contribution is 2.23. The number of rotatable bonds is 8. The molecule has 0 spiro atoms. The molecular weight excluding hydrogens is 441 g/mol. The van der Waals surface area contributed by atoms with Crippen LogP contribution in [0.2, 0.25) is 0 Å². The van der Waals surface area contributed by atoms with Crippen molar-refractivity contribution in [2.24, 2.45) is 0 Å². The van der Waals surface area contributed by atoms with E-state index in [0.717, 1.165) is 18.2 Å². The van der Waals surface area contributed by atoms with E-state index in [9.17, 15) is 9.18 Å².